The molecule has 5 aromatic rings. The molecular formula is C22H17F2N7O. The Morgan fingerprint density at radius 2 is 1.69 bits per heavy atom. The number of nitrogens with one attached hydrogen (secondary N) is 1. The largest absolute Gasteiger partial charge is 0.373 e. The van der Waals surface area contributed by atoms with Gasteiger partial charge in [0.1, 0.15) is 11.6 Å². The second-order valence-corrected chi connectivity index (χ2v) is 7.17. The number of hydrogen-bond donors (Lipinski definition) is 2. The zero-order valence-electron chi connectivity index (χ0n) is 16.9. The molecule has 32 heavy (non-hydrogen) atoms. The Bertz CT molecular complexity index is 1370. The van der Waals surface area contributed by atoms with Crippen LogP contribution in [0.3, 0.4) is 0 Å². The maximum Gasteiger partial charge on any atom is 0.181 e. The van der Waals surface area contributed by atoms with Gasteiger partial charge in [-0.15, -0.1) is 5.10 Å². The zero-order valence-corrected chi connectivity index (χ0v) is 16.9. The fraction of sp³-hybridized carbons (Fsp3) is 0.136. The number of aliphatic hydroxyl groups is 1. The maximum absolute atomic E-state index is 15.0. The summed E-state index contributed by atoms with van der Waals surface area (Å²) in [5.74, 6) is -0.919. The lowest BCUT2D eigenvalue weighted by atomic mass is 9.84. The lowest BCUT2D eigenvalue weighted by Crippen LogP contribution is -2.34. The van der Waals surface area contributed by atoms with Gasteiger partial charge in [-0.1, -0.05) is 36.4 Å². The highest BCUT2D eigenvalue weighted by molar-refractivity contribution is 5.77. The van der Waals surface area contributed by atoms with Crippen molar-refractivity contribution >= 4 is 11.2 Å². The Balaban J connectivity index is 1.83. The Morgan fingerprint density at radius 1 is 1.03 bits per heavy atom. The van der Waals surface area contributed by atoms with Crippen molar-refractivity contribution in [1.29, 1.82) is 0 Å². The van der Waals surface area contributed by atoms with E-state index in [-0.39, 0.29) is 17.0 Å². The molecule has 0 aliphatic heterocycles. The van der Waals surface area contributed by atoms with Crippen molar-refractivity contribution in [1.82, 2.24) is 35.2 Å². The van der Waals surface area contributed by atoms with Crippen molar-refractivity contribution in [2.75, 3.05) is 0 Å². The van der Waals surface area contributed by atoms with E-state index in [9.17, 15) is 13.9 Å². The minimum Gasteiger partial charge on any atom is -0.373 e. The first-order valence-electron chi connectivity index (χ1n) is 9.87. The maximum atomic E-state index is 15.0. The van der Waals surface area contributed by atoms with E-state index in [1.165, 1.54) is 42.6 Å². The van der Waals surface area contributed by atoms with Crippen LogP contribution in [0.5, 0.6) is 0 Å². The van der Waals surface area contributed by atoms with Crippen LogP contribution in [0.2, 0.25) is 0 Å². The molecule has 0 unspecified atom stereocenters. The number of H-pyrrole nitrogens is 1. The number of benzene rings is 2. The molecule has 160 valence electrons. The number of aromatic amines is 1. The average molecular weight is 433 g/mol. The van der Waals surface area contributed by atoms with E-state index in [1.807, 2.05) is 6.92 Å². The molecule has 8 nitrogen and oxygen atoms in total. The standard InChI is InChI=1S/C22H17F2N7O/c1-2-31-18-11-13(19-27-29-30-28-19)12-25-20(18)26-21(31)22(32,14-7-3-5-9-16(14)23)15-8-4-6-10-17(15)24/h3-12,32H,2H2,1H3,(H,27,28,29,30). The Kier molecular flexibility index (Phi) is 4.71. The van der Waals surface area contributed by atoms with Gasteiger partial charge in [-0.05, 0) is 35.5 Å². The van der Waals surface area contributed by atoms with Gasteiger partial charge < -0.3 is 9.67 Å². The summed E-state index contributed by atoms with van der Waals surface area (Å²) in [6.45, 7) is 2.20. The second kappa shape index (κ2) is 7.57. The van der Waals surface area contributed by atoms with Crippen LogP contribution in [-0.2, 0) is 12.1 Å². The molecule has 0 fully saturated rings. The summed E-state index contributed by atoms with van der Waals surface area (Å²) in [5, 5.41) is 25.7. The minimum absolute atomic E-state index is 0.0468. The van der Waals surface area contributed by atoms with Crippen molar-refractivity contribution < 1.29 is 13.9 Å². The molecule has 0 radical (unpaired) electrons. The second-order valence-electron chi connectivity index (χ2n) is 7.17. The van der Waals surface area contributed by atoms with E-state index in [2.05, 4.69) is 30.6 Å². The molecule has 2 aromatic carbocycles. The van der Waals surface area contributed by atoms with Crippen molar-refractivity contribution in [3.63, 3.8) is 0 Å². The van der Waals surface area contributed by atoms with Crippen LogP contribution >= 0.6 is 0 Å². The third-order valence-corrected chi connectivity index (χ3v) is 5.39. The van der Waals surface area contributed by atoms with Gasteiger partial charge in [0.15, 0.2) is 22.9 Å². The highest BCUT2D eigenvalue weighted by Crippen LogP contribution is 2.40. The molecule has 0 amide bonds. The van der Waals surface area contributed by atoms with E-state index in [1.54, 1.807) is 22.8 Å². The quantitative estimate of drug-likeness (QED) is 0.441. The summed E-state index contributed by atoms with van der Waals surface area (Å²) >= 11 is 0. The summed E-state index contributed by atoms with van der Waals surface area (Å²) in [5.41, 5.74) is -0.971. The molecule has 0 aliphatic rings. The van der Waals surface area contributed by atoms with E-state index in [0.717, 1.165) is 0 Å². The molecule has 0 saturated carbocycles. The summed E-state index contributed by atoms with van der Waals surface area (Å²) in [4.78, 5) is 8.89. The van der Waals surface area contributed by atoms with Gasteiger partial charge in [0.05, 0.1) is 5.52 Å². The SMILES string of the molecule is CCn1c(C(O)(c2ccccc2F)c2ccccc2F)nc2ncc(-c3nnn[nH]3)cc21. The lowest BCUT2D eigenvalue weighted by Gasteiger charge is -2.30. The summed E-state index contributed by atoms with van der Waals surface area (Å²) in [6.07, 6.45) is 1.53. The molecule has 0 spiro atoms. The van der Waals surface area contributed by atoms with Crippen molar-refractivity contribution in [2.24, 2.45) is 0 Å². The van der Waals surface area contributed by atoms with Gasteiger partial charge in [0, 0.05) is 29.4 Å². The first-order valence-corrected chi connectivity index (χ1v) is 9.87. The molecule has 10 heteroatoms. The number of imidazole rings is 1. The van der Waals surface area contributed by atoms with Gasteiger partial charge in [0.25, 0.3) is 0 Å². The van der Waals surface area contributed by atoms with E-state index < -0.39 is 17.2 Å². The molecule has 0 aliphatic carbocycles. The van der Waals surface area contributed by atoms with E-state index in [0.29, 0.717) is 29.1 Å². The fourth-order valence-corrected chi connectivity index (χ4v) is 3.91. The van der Waals surface area contributed by atoms with Crippen molar-refractivity contribution in [2.45, 2.75) is 19.1 Å². The molecule has 0 saturated heterocycles. The molecule has 5 rings (SSSR count). The highest BCUT2D eigenvalue weighted by Gasteiger charge is 2.43. The summed E-state index contributed by atoms with van der Waals surface area (Å²) < 4.78 is 31.6. The molecule has 0 bridgehead atoms. The normalized spacial score (nSPS) is 11.9. The van der Waals surface area contributed by atoms with Crippen LogP contribution in [0.25, 0.3) is 22.6 Å². The average Bonchev–Trinajstić information content (AvgIpc) is 3.47. The fourth-order valence-electron chi connectivity index (χ4n) is 3.91. The number of fused-ring (bicyclic) bond motifs is 1. The van der Waals surface area contributed by atoms with Gasteiger partial charge >= 0.3 is 0 Å². The molecule has 2 N–H and O–H groups in total. The molecule has 0 atom stereocenters. The number of aryl methyl sites for hydroxylation is 1. The number of tetrazole rings is 1. The van der Waals surface area contributed by atoms with E-state index >= 15 is 0 Å². The number of aromatic nitrogens is 7. The number of hydrogen-bond acceptors (Lipinski definition) is 6. The molecular weight excluding hydrogens is 416 g/mol. The lowest BCUT2D eigenvalue weighted by molar-refractivity contribution is 0.103. The zero-order chi connectivity index (χ0) is 22.3. The monoisotopic (exact) mass is 433 g/mol. The van der Waals surface area contributed by atoms with Gasteiger partial charge in [-0.25, -0.2) is 23.8 Å². The summed E-state index contributed by atoms with van der Waals surface area (Å²) in [7, 11) is 0. The first-order chi connectivity index (χ1) is 15.5. The first kappa shape index (κ1) is 19.9. The van der Waals surface area contributed by atoms with Crippen molar-refractivity contribution in [3.8, 4) is 11.4 Å². The predicted molar refractivity (Wildman–Crippen MR) is 111 cm³/mol. The number of halogens is 2. The minimum atomic E-state index is -2.21. The van der Waals surface area contributed by atoms with E-state index in [4.69, 9.17) is 0 Å². The van der Waals surface area contributed by atoms with Crippen LogP contribution in [0.1, 0.15) is 23.9 Å². The smallest absolute Gasteiger partial charge is 0.181 e. The van der Waals surface area contributed by atoms with Crippen LogP contribution in [-0.4, -0.2) is 40.3 Å². The predicted octanol–water partition coefficient (Wildman–Crippen LogP) is 3.19. The Hall–Kier alpha value is -4.05. The van der Waals surface area contributed by atoms with Gasteiger partial charge in [-0.3, -0.25) is 0 Å². The Morgan fingerprint density at radius 3 is 2.25 bits per heavy atom. The van der Waals surface area contributed by atoms with Gasteiger partial charge in [-0.2, -0.15) is 0 Å². The highest BCUT2D eigenvalue weighted by atomic mass is 19.1. The van der Waals surface area contributed by atoms with Crippen LogP contribution in [0.4, 0.5) is 8.78 Å². The number of rotatable bonds is 5. The third-order valence-electron chi connectivity index (χ3n) is 5.39. The Labute approximate surface area is 180 Å². The molecule has 3 aromatic heterocycles. The van der Waals surface area contributed by atoms with Crippen molar-refractivity contribution in [3.05, 3.63) is 89.4 Å². The molecule has 3 heterocycles. The summed E-state index contributed by atoms with van der Waals surface area (Å²) in [6, 6.07) is 13.2. The van der Waals surface area contributed by atoms with Gasteiger partial charge in [0.2, 0.25) is 0 Å². The van der Waals surface area contributed by atoms with Crippen LogP contribution < -0.4 is 0 Å². The topological polar surface area (TPSA) is 105 Å². The number of pyridine rings is 1. The third kappa shape index (κ3) is 2.95. The van der Waals surface area contributed by atoms with Crippen LogP contribution in [0, 0.1) is 11.6 Å². The van der Waals surface area contributed by atoms with Crippen LogP contribution in [0.15, 0.2) is 60.8 Å². The number of nitrogens with zero attached hydrogens (tertiary/aromatic N) is 6.